The summed E-state index contributed by atoms with van der Waals surface area (Å²) in [5, 5.41) is 0. The molecule has 1 aromatic carbocycles. The molecular formula is C14H16O. The van der Waals surface area contributed by atoms with Crippen LogP contribution in [0.5, 0.6) is 5.75 Å². The molecule has 2 aliphatic rings. The number of hydrogen-bond acceptors (Lipinski definition) is 1. The van der Waals surface area contributed by atoms with E-state index >= 15 is 0 Å². The highest BCUT2D eigenvalue weighted by atomic mass is 16.5. The van der Waals surface area contributed by atoms with E-state index in [0.717, 1.165) is 18.1 Å². The van der Waals surface area contributed by atoms with Crippen LogP contribution in [0, 0.1) is 5.92 Å². The topological polar surface area (TPSA) is 9.23 Å². The van der Waals surface area contributed by atoms with Gasteiger partial charge in [-0.2, -0.15) is 0 Å². The van der Waals surface area contributed by atoms with E-state index in [1.54, 1.807) is 18.3 Å². The second-order valence-corrected chi connectivity index (χ2v) is 4.67. The standard InChI is InChI=1S/C14H16O/c1-9-7-11-8-12(15-2)5-6-13(11)14(9)10-3-4-10/h5-6,8,10H,3-4,7H2,1-2H3. The molecule has 0 atom stereocenters. The predicted molar refractivity (Wildman–Crippen MR) is 62.0 cm³/mol. The molecule has 0 aromatic heterocycles. The Labute approximate surface area is 90.8 Å². The number of benzene rings is 1. The van der Waals surface area contributed by atoms with Crippen molar-refractivity contribution in [3.05, 3.63) is 34.9 Å². The fraction of sp³-hybridized carbons (Fsp3) is 0.429. The molecule has 0 unspecified atom stereocenters. The molecule has 1 heteroatoms. The monoisotopic (exact) mass is 200 g/mol. The molecule has 0 aliphatic heterocycles. The zero-order valence-corrected chi connectivity index (χ0v) is 9.34. The largest absolute Gasteiger partial charge is 0.497 e. The minimum absolute atomic E-state index is 0.861. The average molecular weight is 200 g/mol. The molecular weight excluding hydrogens is 184 g/mol. The lowest BCUT2D eigenvalue weighted by Crippen LogP contribution is -1.89. The van der Waals surface area contributed by atoms with E-state index in [2.05, 4.69) is 25.1 Å². The van der Waals surface area contributed by atoms with Crippen LogP contribution in [0.15, 0.2) is 23.8 Å². The van der Waals surface area contributed by atoms with Crippen LogP contribution < -0.4 is 4.74 Å². The number of methoxy groups -OCH3 is 1. The van der Waals surface area contributed by atoms with E-state index in [1.807, 2.05) is 0 Å². The maximum atomic E-state index is 5.27. The normalized spacial score (nSPS) is 19.3. The maximum Gasteiger partial charge on any atom is 0.119 e. The zero-order chi connectivity index (χ0) is 10.4. The van der Waals surface area contributed by atoms with Gasteiger partial charge in [0.2, 0.25) is 0 Å². The van der Waals surface area contributed by atoms with Crippen LogP contribution in [0.1, 0.15) is 30.9 Å². The maximum absolute atomic E-state index is 5.27. The van der Waals surface area contributed by atoms with Gasteiger partial charge in [-0.25, -0.2) is 0 Å². The second kappa shape index (κ2) is 3.13. The van der Waals surface area contributed by atoms with E-state index < -0.39 is 0 Å². The molecule has 0 amide bonds. The van der Waals surface area contributed by atoms with Crippen LogP contribution >= 0.6 is 0 Å². The number of allylic oxidation sites excluding steroid dienone is 2. The Hall–Kier alpha value is -1.24. The van der Waals surface area contributed by atoms with Crippen molar-refractivity contribution in [2.24, 2.45) is 5.92 Å². The summed E-state index contributed by atoms with van der Waals surface area (Å²) < 4.78 is 5.27. The van der Waals surface area contributed by atoms with Crippen LogP contribution in [0.2, 0.25) is 0 Å². The van der Waals surface area contributed by atoms with E-state index in [-0.39, 0.29) is 0 Å². The van der Waals surface area contributed by atoms with Crippen molar-refractivity contribution in [3.63, 3.8) is 0 Å². The summed E-state index contributed by atoms with van der Waals surface area (Å²) >= 11 is 0. The molecule has 3 rings (SSSR count). The lowest BCUT2D eigenvalue weighted by atomic mass is 10.0. The highest BCUT2D eigenvalue weighted by molar-refractivity contribution is 5.79. The quantitative estimate of drug-likeness (QED) is 0.710. The first-order valence-electron chi connectivity index (χ1n) is 5.66. The van der Waals surface area contributed by atoms with Gasteiger partial charge in [-0.05, 0) is 60.9 Å². The Morgan fingerprint density at radius 1 is 1.27 bits per heavy atom. The van der Waals surface area contributed by atoms with Crippen LogP contribution in [-0.2, 0) is 6.42 Å². The van der Waals surface area contributed by atoms with Crippen LogP contribution in [0.4, 0.5) is 0 Å². The highest BCUT2D eigenvalue weighted by Gasteiger charge is 2.32. The lowest BCUT2D eigenvalue weighted by Gasteiger charge is -2.06. The molecule has 1 aromatic rings. The summed E-state index contributed by atoms with van der Waals surface area (Å²) in [4.78, 5) is 0. The SMILES string of the molecule is COc1ccc2c(c1)CC(C)=C2C1CC1. The van der Waals surface area contributed by atoms with Gasteiger partial charge < -0.3 is 4.74 Å². The van der Waals surface area contributed by atoms with Gasteiger partial charge in [0.15, 0.2) is 0 Å². The van der Waals surface area contributed by atoms with Gasteiger partial charge in [-0.1, -0.05) is 11.6 Å². The number of ether oxygens (including phenoxy) is 1. The van der Waals surface area contributed by atoms with Crippen molar-refractivity contribution in [2.45, 2.75) is 26.2 Å². The fourth-order valence-corrected chi connectivity index (χ4v) is 2.66. The third kappa shape index (κ3) is 1.38. The van der Waals surface area contributed by atoms with Crippen molar-refractivity contribution in [2.75, 3.05) is 7.11 Å². The second-order valence-electron chi connectivity index (χ2n) is 4.67. The van der Waals surface area contributed by atoms with Gasteiger partial charge in [0.25, 0.3) is 0 Å². The van der Waals surface area contributed by atoms with Gasteiger partial charge >= 0.3 is 0 Å². The summed E-state index contributed by atoms with van der Waals surface area (Å²) in [6.07, 6.45) is 3.90. The molecule has 78 valence electrons. The third-order valence-corrected chi connectivity index (χ3v) is 3.50. The molecule has 0 heterocycles. The Bertz CT molecular complexity index is 439. The van der Waals surface area contributed by atoms with Crippen molar-refractivity contribution in [1.29, 1.82) is 0 Å². The zero-order valence-electron chi connectivity index (χ0n) is 9.34. The molecule has 2 aliphatic carbocycles. The molecule has 0 saturated heterocycles. The first-order valence-corrected chi connectivity index (χ1v) is 5.66. The first kappa shape index (κ1) is 9.02. The Balaban J connectivity index is 2.05. The fourth-order valence-electron chi connectivity index (χ4n) is 2.66. The summed E-state index contributed by atoms with van der Waals surface area (Å²) in [7, 11) is 1.73. The van der Waals surface area contributed by atoms with Crippen LogP contribution in [0.3, 0.4) is 0 Å². The van der Waals surface area contributed by atoms with Crippen LogP contribution in [0.25, 0.3) is 5.57 Å². The highest BCUT2D eigenvalue weighted by Crippen LogP contribution is 2.48. The molecule has 0 N–H and O–H groups in total. The van der Waals surface area contributed by atoms with Gasteiger partial charge in [0.05, 0.1) is 7.11 Å². The molecule has 1 saturated carbocycles. The minimum atomic E-state index is 0.861. The van der Waals surface area contributed by atoms with Crippen molar-refractivity contribution in [1.82, 2.24) is 0 Å². The molecule has 1 fully saturated rings. The van der Waals surface area contributed by atoms with E-state index in [9.17, 15) is 0 Å². The lowest BCUT2D eigenvalue weighted by molar-refractivity contribution is 0.414. The minimum Gasteiger partial charge on any atom is -0.497 e. The molecule has 1 nitrogen and oxygen atoms in total. The smallest absolute Gasteiger partial charge is 0.119 e. The first-order chi connectivity index (χ1) is 7.29. The number of fused-ring (bicyclic) bond motifs is 1. The van der Waals surface area contributed by atoms with Crippen LogP contribution in [-0.4, -0.2) is 7.11 Å². The number of rotatable bonds is 2. The summed E-state index contributed by atoms with van der Waals surface area (Å²) in [5.74, 6) is 1.85. The van der Waals surface area contributed by atoms with E-state index in [4.69, 9.17) is 4.74 Å². The Morgan fingerprint density at radius 2 is 2.07 bits per heavy atom. The van der Waals surface area contributed by atoms with E-state index in [0.29, 0.717) is 0 Å². The number of hydrogen-bond donors (Lipinski definition) is 0. The van der Waals surface area contributed by atoms with E-state index in [1.165, 1.54) is 24.0 Å². The Kier molecular flexibility index (Phi) is 1.88. The van der Waals surface area contributed by atoms with Gasteiger partial charge in [-0.15, -0.1) is 0 Å². The predicted octanol–water partition coefficient (Wildman–Crippen LogP) is 3.43. The molecule has 15 heavy (non-hydrogen) atoms. The summed E-state index contributed by atoms with van der Waals surface area (Å²) in [6, 6.07) is 6.51. The molecule has 0 bridgehead atoms. The third-order valence-electron chi connectivity index (χ3n) is 3.50. The van der Waals surface area contributed by atoms with Gasteiger partial charge in [-0.3, -0.25) is 0 Å². The van der Waals surface area contributed by atoms with Crippen molar-refractivity contribution < 1.29 is 4.74 Å². The summed E-state index contributed by atoms with van der Waals surface area (Å²) in [6.45, 7) is 2.28. The molecule has 0 spiro atoms. The summed E-state index contributed by atoms with van der Waals surface area (Å²) in [5.41, 5.74) is 6.14. The van der Waals surface area contributed by atoms with Gasteiger partial charge in [0.1, 0.15) is 5.75 Å². The van der Waals surface area contributed by atoms with Crippen molar-refractivity contribution in [3.8, 4) is 5.75 Å². The molecule has 0 radical (unpaired) electrons. The van der Waals surface area contributed by atoms with Crippen molar-refractivity contribution >= 4 is 5.57 Å². The Morgan fingerprint density at radius 3 is 2.73 bits per heavy atom. The van der Waals surface area contributed by atoms with Gasteiger partial charge in [0, 0.05) is 0 Å². The average Bonchev–Trinajstić information content (AvgIpc) is 3.00.